The second kappa shape index (κ2) is 7.61. The zero-order chi connectivity index (χ0) is 21.5. The predicted octanol–water partition coefficient (Wildman–Crippen LogP) is 4.54. The average Bonchev–Trinajstić information content (AvgIpc) is 3.52. The van der Waals surface area contributed by atoms with Gasteiger partial charge in [-0.25, -0.2) is 0 Å². The van der Waals surface area contributed by atoms with Crippen molar-refractivity contribution in [1.82, 2.24) is 9.88 Å². The first-order valence-electron chi connectivity index (χ1n) is 10.6. The van der Waals surface area contributed by atoms with Gasteiger partial charge >= 0.3 is 0 Å². The fraction of sp³-hybridized carbons (Fsp3) is 0.280. The number of aromatic amines is 1. The molecule has 2 N–H and O–H groups in total. The number of benzene rings is 2. The molecule has 0 spiro atoms. The summed E-state index contributed by atoms with van der Waals surface area (Å²) in [5, 5.41) is 12.2. The lowest BCUT2D eigenvalue weighted by Gasteiger charge is -2.30. The van der Waals surface area contributed by atoms with E-state index in [-0.39, 0.29) is 17.4 Å². The Morgan fingerprint density at radius 3 is 2.65 bits per heavy atom. The second-order valence-electron chi connectivity index (χ2n) is 8.17. The van der Waals surface area contributed by atoms with Crippen molar-refractivity contribution in [2.75, 3.05) is 7.11 Å². The van der Waals surface area contributed by atoms with Gasteiger partial charge in [0.25, 0.3) is 11.7 Å². The lowest BCUT2D eigenvalue weighted by Crippen LogP contribution is -2.37. The van der Waals surface area contributed by atoms with E-state index < -0.39 is 17.7 Å². The van der Waals surface area contributed by atoms with Crippen LogP contribution in [0.4, 0.5) is 0 Å². The Bertz CT molecular complexity index is 1200. The summed E-state index contributed by atoms with van der Waals surface area (Å²) in [6.07, 6.45) is 5.65. The number of para-hydroxylation sites is 1. The standard InChI is InChI=1S/C25H24N2O4/c1-31-17-10-6-7-15(13-17)23(28)21-22(19-14-26-20-12-5-4-11-18(19)20)27(25(30)24(21)29)16-8-2-3-9-16/h4-7,10-14,16,22,26,28H,2-3,8-9H2,1H3/b23-21+. The summed E-state index contributed by atoms with van der Waals surface area (Å²) in [6, 6.07) is 14.1. The number of carbonyl (C=O) groups excluding carboxylic acids is 2. The fourth-order valence-electron chi connectivity index (χ4n) is 4.96. The average molecular weight is 416 g/mol. The number of aliphatic hydroxyl groups excluding tert-OH is 1. The van der Waals surface area contributed by atoms with E-state index in [9.17, 15) is 14.7 Å². The zero-order valence-corrected chi connectivity index (χ0v) is 17.3. The Morgan fingerprint density at radius 2 is 1.87 bits per heavy atom. The Hall–Kier alpha value is -3.54. The number of fused-ring (bicyclic) bond motifs is 1. The summed E-state index contributed by atoms with van der Waals surface area (Å²) >= 11 is 0. The van der Waals surface area contributed by atoms with Crippen LogP contribution in [0, 0.1) is 0 Å². The van der Waals surface area contributed by atoms with Crippen LogP contribution in [0.15, 0.2) is 60.3 Å². The van der Waals surface area contributed by atoms with Crippen LogP contribution < -0.4 is 4.74 Å². The number of hydrogen-bond acceptors (Lipinski definition) is 4. The van der Waals surface area contributed by atoms with Crippen molar-refractivity contribution in [3.05, 3.63) is 71.4 Å². The molecule has 1 saturated heterocycles. The number of hydrogen-bond donors (Lipinski definition) is 2. The molecule has 1 unspecified atom stereocenters. The van der Waals surface area contributed by atoms with Crippen LogP contribution in [0.5, 0.6) is 5.75 Å². The summed E-state index contributed by atoms with van der Waals surface area (Å²) < 4.78 is 5.27. The minimum Gasteiger partial charge on any atom is -0.507 e. The molecule has 6 heteroatoms. The number of carbonyl (C=O) groups is 2. The molecule has 2 fully saturated rings. The van der Waals surface area contributed by atoms with Crippen LogP contribution in [0.2, 0.25) is 0 Å². The summed E-state index contributed by atoms with van der Waals surface area (Å²) in [6.45, 7) is 0. The van der Waals surface area contributed by atoms with E-state index in [4.69, 9.17) is 4.74 Å². The zero-order valence-electron chi connectivity index (χ0n) is 17.3. The first kappa shape index (κ1) is 19.4. The number of nitrogens with one attached hydrogen (secondary N) is 1. The summed E-state index contributed by atoms with van der Waals surface area (Å²) in [7, 11) is 1.55. The van der Waals surface area contributed by atoms with Crippen LogP contribution in [0.3, 0.4) is 0 Å². The van der Waals surface area contributed by atoms with Crippen LogP contribution in [-0.2, 0) is 9.59 Å². The van der Waals surface area contributed by atoms with E-state index in [0.717, 1.165) is 42.1 Å². The maximum atomic E-state index is 13.2. The van der Waals surface area contributed by atoms with Crippen molar-refractivity contribution >= 4 is 28.4 Å². The molecule has 0 bridgehead atoms. The molecule has 1 saturated carbocycles. The number of rotatable bonds is 4. The maximum absolute atomic E-state index is 13.2. The third-order valence-electron chi connectivity index (χ3n) is 6.46. The summed E-state index contributed by atoms with van der Waals surface area (Å²) in [5.74, 6) is -0.778. The van der Waals surface area contributed by atoms with Gasteiger partial charge in [0, 0.05) is 34.3 Å². The summed E-state index contributed by atoms with van der Waals surface area (Å²) in [4.78, 5) is 31.4. The van der Waals surface area contributed by atoms with Gasteiger partial charge in [0.15, 0.2) is 0 Å². The fourth-order valence-corrected chi connectivity index (χ4v) is 4.96. The number of methoxy groups -OCH3 is 1. The largest absolute Gasteiger partial charge is 0.507 e. The van der Waals surface area contributed by atoms with Crippen molar-refractivity contribution < 1.29 is 19.4 Å². The maximum Gasteiger partial charge on any atom is 0.295 e. The number of nitrogens with zero attached hydrogens (tertiary/aromatic N) is 1. The van der Waals surface area contributed by atoms with Gasteiger partial charge in [-0.05, 0) is 31.0 Å². The van der Waals surface area contributed by atoms with Crippen molar-refractivity contribution in [1.29, 1.82) is 0 Å². The molecule has 2 heterocycles. The number of amides is 1. The van der Waals surface area contributed by atoms with E-state index in [1.165, 1.54) is 0 Å². The monoisotopic (exact) mass is 416 g/mol. The lowest BCUT2D eigenvalue weighted by atomic mass is 9.94. The number of aliphatic hydroxyl groups is 1. The smallest absolute Gasteiger partial charge is 0.295 e. The number of ketones is 1. The van der Waals surface area contributed by atoms with Crippen molar-refractivity contribution in [3.63, 3.8) is 0 Å². The van der Waals surface area contributed by atoms with Crippen LogP contribution in [0.25, 0.3) is 16.7 Å². The Labute approximate surface area is 180 Å². The number of likely N-dealkylation sites (tertiary alicyclic amines) is 1. The van der Waals surface area contributed by atoms with E-state index in [2.05, 4.69) is 4.98 Å². The van der Waals surface area contributed by atoms with Gasteiger partial charge in [0.1, 0.15) is 11.5 Å². The normalized spacial score (nSPS) is 21.3. The van der Waals surface area contributed by atoms with E-state index in [0.29, 0.717) is 11.3 Å². The molecule has 1 atom stereocenters. The van der Waals surface area contributed by atoms with Crippen LogP contribution >= 0.6 is 0 Å². The first-order valence-corrected chi connectivity index (χ1v) is 10.6. The highest BCUT2D eigenvalue weighted by Gasteiger charge is 2.49. The number of ether oxygens (including phenoxy) is 1. The molecule has 31 heavy (non-hydrogen) atoms. The second-order valence-corrected chi connectivity index (χ2v) is 8.17. The van der Waals surface area contributed by atoms with Crippen molar-refractivity contribution in [2.45, 2.75) is 37.8 Å². The topological polar surface area (TPSA) is 82.6 Å². The minimum absolute atomic E-state index is 0.00859. The van der Waals surface area contributed by atoms with Gasteiger partial charge in [0.05, 0.1) is 18.7 Å². The molecular formula is C25H24N2O4. The molecule has 5 rings (SSSR count). The SMILES string of the molecule is COc1cccc(/C(O)=C2\C(=O)C(=O)N(C3CCCC3)C2c2c[nH]c3ccccc23)c1. The van der Waals surface area contributed by atoms with Crippen molar-refractivity contribution in [2.24, 2.45) is 0 Å². The highest BCUT2D eigenvalue weighted by molar-refractivity contribution is 6.46. The highest BCUT2D eigenvalue weighted by Crippen LogP contribution is 2.45. The van der Waals surface area contributed by atoms with Gasteiger partial charge in [-0.3, -0.25) is 9.59 Å². The molecule has 3 aromatic rings. The summed E-state index contributed by atoms with van der Waals surface area (Å²) in [5.41, 5.74) is 2.34. The van der Waals surface area contributed by atoms with Gasteiger partial charge in [-0.1, -0.05) is 43.2 Å². The van der Waals surface area contributed by atoms with Gasteiger partial charge in [-0.2, -0.15) is 0 Å². The third-order valence-corrected chi connectivity index (χ3v) is 6.46. The number of H-pyrrole nitrogens is 1. The predicted molar refractivity (Wildman–Crippen MR) is 118 cm³/mol. The van der Waals surface area contributed by atoms with Crippen LogP contribution in [0.1, 0.15) is 42.9 Å². The minimum atomic E-state index is -0.637. The van der Waals surface area contributed by atoms with E-state index in [1.807, 2.05) is 30.5 Å². The van der Waals surface area contributed by atoms with Gasteiger partial charge < -0.3 is 19.7 Å². The number of Topliss-reactive ketones (excluding diaryl/α,β-unsaturated/α-hetero) is 1. The molecule has 2 aromatic carbocycles. The molecular weight excluding hydrogens is 392 g/mol. The Balaban J connectivity index is 1.73. The molecule has 1 aliphatic heterocycles. The third kappa shape index (κ3) is 3.10. The Morgan fingerprint density at radius 1 is 1.10 bits per heavy atom. The van der Waals surface area contributed by atoms with Gasteiger partial charge in [-0.15, -0.1) is 0 Å². The van der Waals surface area contributed by atoms with Crippen LogP contribution in [-0.4, -0.2) is 39.8 Å². The molecule has 0 radical (unpaired) electrons. The van der Waals surface area contributed by atoms with Crippen molar-refractivity contribution in [3.8, 4) is 5.75 Å². The van der Waals surface area contributed by atoms with E-state index >= 15 is 0 Å². The molecule has 1 amide bonds. The molecule has 6 nitrogen and oxygen atoms in total. The number of aromatic nitrogens is 1. The molecule has 1 aromatic heterocycles. The molecule has 1 aliphatic carbocycles. The lowest BCUT2D eigenvalue weighted by molar-refractivity contribution is -0.141. The quantitative estimate of drug-likeness (QED) is 0.372. The van der Waals surface area contributed by atoms with E-state index in [1.54, 1.807) is 36.3 Å². The van der Waals surface area contributed by atoms with Gasteiger partial charge in [0.2, 0.25) is 0 Å². The highest BCUT2D eigenvalue weighted by atomic mass is 16.5. The molecule has 2 aliphatic rings. The molecule has 158 valence electrons. The first-order chi connectivity index (χ1) is 15.1. The Kier molecular flexibility index (Phi) is 4.77.